The Bertz CT molecular complexity index is 605. The largest absolute Gasteiger partial charge is 0.355 e. The van der Waals surface area contributed by atoms with Gasteiger partial charge in [0.25, 0.3) is 0 Å². The van der Waals surface area contributed by atoms with Gasteiger partial charge in [0, 0.05) is 26.1 Å². The highest BCUT2D eigenvalue weighted by molar-refractivity contribution is 7.89. The van der Waals surface area contributed by atoms with Crippen LogP contribution in [0.4, 0.5) is 0 Å². The Balaban J connectivity index is 1.68. The summed E-state index contributed by atoms with van der Waals surface area (Å²) in [7, 11) is -3.23. The predicted octanol–water partition coefficient (Wildman–Crippen LogP) is 1.86. The first-order valence-corrected chi connectivity index (χ1v) is 9.88. The third kappa shape index (κ3) is 5.95. The van der Waals surface area contributed by atoms with Gasteiger partial charge in [-0.1, -0.05) is 36.2 Å². The molecule has 1 saturated heterocycles. The van der Waals surface area contributed by atoms with E-state index in [0.29, 0.717) is 25.9 Å². The summed E-state index contributed by atoms with van der Waals surface area (Å²) in [5, 5.41) is 2.71. The molecule has 128 valence electrons. The van der Waals surface area contributed by atoms with E-state index in [1.165, 1.54) is 5.56 Å². The van der Waals surface area contributed by atoms with Crippen LogP contribution < -0.4 is 5.32 Å². The molecule has 1 N–H and O–H groups in total. The lowest BCUT2D eigenvalue weighted by molar-refractivity contribution is -0.120. The number of benzene rings is 1. The molecule has 1 aliphatic rings. The van der Waals surface area contributed by atoms with Gasteiger partial charge in [0.2, 0.25) is 15.9 Å². The Morgan fingerprint density at radius 3 is 2.43 bits per heavy atom. The normalized spacial score (nSPS) is 16.2. The van der Waals surface area contributed by atoms with Gasteiger partial charge in [0.15, 0.2) is 0 Å². The van der Waals surface area contributed by atoms with Crippen molar-refractivity contribution in [2.75, 3.05) is 25.4 Å². The number of carbonyl (C=O) groups is 1. The zero-order valence-electron chi connectivity index (χ0n) is 13.8. The molecular formula is C17H26N2O3S. The topological polar surface area (TPSA) is 66.5 Å². The van der Waals surface area contributed by atoms with E-state index in [-0.39, 0.29) is 18.2 Å². The lowest BCUT2D eigenvalue weighted by Gasteiger charge is -2.25. The van der Waals surface area contributed by atoms with Crippen LogP contribution in [0.15, 0.2) is 24.3 Å². The Morgan fingerprint density at radius 2 is 1.78 bits per heavy atom. The number of hydrogen-bond acceptors (Lipinski definition) is 3. The van der Waals surface area contributed by atoms with Crippen molar-refractivity contribution in [1.29, 1.82) is 0 Å². The molecule has 6 heteroatoms. The Labute approximate surface area is 139 Å². The summed E-state index contributed by atoms with van der Waals surface area (Å²) in [6, 6.07) is 8.09. The monoisotopic (exact) mass is 338 g/mol. The van der Waals surface area contributed by atoms with Crippen molar-refractivity contribution in [3.63, 3.8) is 0 Å². The van der Waals surface area contributed by atoms with Crippen molar-refractivity contribution in [2.24, 2.45) is 0 Å². The van der Waals surface area contributed by atoms with E-state index in [0.717, 1.165) is 24.8 Å². The van der Waals surface area contributed by atoms with E-state index in [1.54, 1.807) is 4.31 Å². The Hall–Kier alpha value is -1.40. The van der Waals surface area contributed by atoms with Crippen LogP contribution in [0.3, 0.4) is 0 Å². The number of nitrogens with one attached hydrogen (secondary N) is 1. The van der Waals surface area contributed by atoms with E-state index in [9.17, 15) is 13.2 Å². The molecule has 0 atom stereocenters. The van der Waals surface area contributed by atoms with Gasteiger partial charge in [-0.25, -0.2) is 12.7 Å². The Kier molecular flexibility index (Phi) is 6.59. The Morgan fingerprint density at radius 1 is 1.13 bits per heavy atom. The fraction of sp³-hybridized carbons (Fsp3) is 0.588. The molecule has 2 rings (SSSR count). The molecule has 0 spiro atoms. The van der Waals surface area contributed by atoms with Crippen LogP contribution in [0.5, 0.6) is 0 Å². The molecule has 0 bridgehead atoms. The summed E-state index contributed by atoms with van der Waals surface area (Å²) in [4.78, 5) is 11.8. The van der Waals surface area contributed by atoms with E-state index in [4.69, 9.17) is 0 Å². The number of sulfonamides is 1. The fourth-order valence-corrected chi connectivity index (χ4v) is 4.13. The molecular weight excluding hydrogens is 312 g/mol. The molecule has 0 saturated carbocycles. The molecule has 5 nitrogen and oxygen atoms in total. The molecule has 0 aliphatic carbocycles. The summed E-state index contributed by atoms with van der Waals surface area (Å²) in [5.74, 6) is -0.108. The van der Waals surface area contributed by atoms with Crippen molar-refractivity contribution < 1.29 is 13.2 Å². The van der Waals surface area contributed by atoms with Gasteiger partial charge in [0.05, 0.1) is 5.75 Å². The predicted molar refractivity (Wildman–Crippen MR) is 91.7 cm³/mol. The first kappa shape index (κ1) is 17.9. The maximum Gasteiger partial charge on any atom is 0.220 e. The SMILES string of the molecule is Cc1ccc(CCC(=O)NCCS(=O)(=O)N2CCCCC2)cc1. The number of carbonyl (C=O) groups excluding carboxylic acids is 1. The summed E-state index contributed by atoms with van der Waals surface area (Å²) in [6.07, 6.45) is 4.02. The molecule has 1 amide bonds. The first-order chi connectivity index (χ1) is 11.0. The smallest absolute Gasteiger partial charge is 0.220 e. The number of rotatable bonds is 7. The zero-order chi connectivity index (χ0) is 16.7. The summed E-state index contributed by atoms with van der Waals surface area (Å²) >= 11 is 0. The second-order valence-corrected chi connectivity index (χ2v) is 8.20. The lowest BCUT2D eigenvalue weighted by Crippen LogP contribution is -2.40. The van der Waals surface area contributed by atoms with E-state index in [1.807, 2.05) is 31.2 Å². The van der Waals surface area contributed by atoms with Gasteiger partial charge in [0.1, 0.15) is 0 Å². The lowest BCUT2D eigenvalue weighted by atomic mass is 10.1. The maximum atomic E-state index is 12.2. The standard InChI is InChI=1S/C17H26N2O3S/c1-15-5-7-16(8-6-15)9-10-17(20)18-11-14-23(21,22)19-12-3-2-4-13-19/h5-8H,2-4,9-14H2,1H3,(H,18,20). The molecule has 1 aliphatic heterocycles. The van der Waals surface area contributed by atoms with Gasteiger partial charge in [-0.2, -0.15) is 0 Å². The molecule has 23 heavy (non-hydrogen) atoms. The van der Waals surface area contributed by atoms with Crippen molar-refractivity contribution in [1.82, 2.24) is 9.62 Å². The van der Waals surface area contributed by atoms with E-state index in [2.05, 4.69) is 5.32 Å². The van der Waals surface area contributed by atoms with Crippen LogP contribution in [0.1, 0.15) is 36.8 Å². The number of nitrogens with zero attached hydrogens (tertiary/aromatic N) is 1. The van der Waals surface area contributed by atoms with Crippen LogP contribution in [-0.4, -0.2) is 44.0 Å². The van der Waals surface area contributed by atoms with Gasteiger partial charge < -0.3 is 5.32 Å². The number of amides is 1. The molecule has 1 aromatic carbocycles. The minimum absolute atomic E-state index is 0.0106. The second kappa shape index (κ2) is 8.45. The average molecular weight is 338 g/mol. The van der Waals surface area contributed by atoms with Crippen LogP contribution >= 0.6 is 0 Å². The van der Waals surface area contributed by atoms with Crippen molar-refractivity contribution >= 4 is 15.9 Å². The van der Waals surface area contributed by atoms with Gasteiger partial charge in [-0.3, -0.25) is 4.79 Å². The number of aryl methyl sites for hydroxylation is 2. The highest BCUT2D eigenvalue weighted by Gasteiger charge is 2.23. The van der Waals surface area contributed by atoms with Crippen molar-refractivity contribution in [3.8, 4) is 0 Å². The second-order valence-electron chi connectivity index (χ2n) is 6.11. The van der Waals surface area contributed by atoms with Crippen LogP contribution in [0.2, 0.25) is 0 Å². The van der Waals surface area contributed by atoms with Crippen LogP contribution in [-0.2, 0) is 21.2 Å². The minimum atomic E-state index is -3.23. The minimum Gasteiger partial charge on any atom is -0.355 e. The average Bonchev–Trinajstić information content (AvgIpc) is 2.55. The van der Waals surface area contributed by atoms with Gasteiger partial charge in [-0.05, 0) is 31.7 Å². The van der Waals surface area contributed by atoms with E-state index < -0.39 is 10.0 Å². The summed E-state index contributed by atoms with van der Waals surface area (Å²) in [5.41, 5.74) is 2.31. The van der Waals surface area contributed by atoms with Gasteiger partial charge in [-0.15, -0.1) is 0 Å². The van der Waals surface area contributed by atoms with Crippen LogP contribution in [0.25, 0.3) is 0 Å². The molecule has 0 unspecified atom stereocenters. The van der Waals surface area contributed by atoms with Crippen molar-refractivity contribution in [2.45, 2.75) is 39.0 Å². The third-order valence-corrected chi connectivity index (χ3v) is 6.02. The number of piperidine rings is 1. The third-order valence-electron chi connectivity index (χ3n) is 4.15. The number of hydrogen-bond donors (Lipinski definition) is 1. The summed E-state index contributed by atoms with van der Waals surface area (Å²) in [6.45, 7) is 3.44. The first-order valence-electron chi connectivity index (χ1n) is 8.27. The fourth-order valence-electron chi connectivity index (χ4n) is 2.69. The summed E-state index contributed by atoms with van der Waals surface area (Å²) < 4.78 is 25.9. The molecule has 1 aromatic rings. The van der Waals surface area contributed by atoms with Gasteiger partial charge >= 0.3 is 0 Å². The molecule has 1 fully saturated rings. The van der Waals surface area contributed by atoms with Crippen LogP contribution in [0, 0.1) is 6.92 Å². The highest BCUT2D eigenvalue weighted by Crippen LogP contribution is 2.13. The zero-order valence-corrected chi connectivity index (χ0v) is 14.6. The maximum absolute atomic E-state index is 12.2. The molecule has 1 heterocycles. The molecule has 0 radical (unpaired) electrons. The van der Waals surface area contributed by atoms with E-state index >= 15 is 0 Å². The van der Waals surface area contributed by atoms with Crippen molar-refractivity contribution in [3.05, 3.63) is 35.4 Å². The quantitative estimate of drug-likeness (QED) is 0.825. The highest BCUT2D eigenvalue weighted by atomic mass is 32.2. The molecule has 0 aromatic heterocycles.